The largest absolute Gasteiger partial charge is 0.350 e. The zero-order valence-corrected chi connectivity index (χ0v) is 9.73. The number of hydrazone groups is 1. The summed E-state index contributed by atoms with van der Waals surface area (Å²) >= 11 is 0. The lowest BCUT2D eigenvalue weighted by Crippen LogP contribution is -2.28. The van der Waals surface area contributed by atoms with Crippen LogP contribution in [0.5, 0.6) is 0 Å². The zero-order valence-electron chi connectivity index (χ0n) is 9.73. The molecule has 1 aliphatic rings. The van der Waals surface area contributed by atoms with Crippen LogP contribution < -0.4 is 11.2 Å². The number of carbonyl (C=O) groups excluding carboxylic acids is 1. The summed E-state index contributed by atoms with van der Waals surface area (Å²) in [6, 6.07) is 9.68. The third-order valence-electron chi connectivity index (χ3n) is 3.09. The van der Waals surface area contributed by atoms with E-state index in [2.05, 4.69) is 22.7 Å². The van der Waals surface area contributed by atoms with Gasteiger partial charge in [0.15, 0.2) is 0 Å². The van der Waals surface area contributed by atoms with Crippen LogP contribution in [0.3, 0.4) is 0 Å². The van der Waals surface area contributed by atoms with Crippen LogP contribution >= 0.6 is 0 Å². The van der Waals surface area contributed by atoms with Crippen molar-refractivity contribution in [3.05, 3.63) is 35.9 Å². The van der Waals surface area contributed by atoms with Gasteiger partial charge in [-0.1, -0.05) is 36.8 Å². The number of benzene rings is 1. The van der Waals surface area contributed by atoms with Gasteiger partial charge in [-0.15, -0.1) is 0 Å². The molecular weight excluding hydrogens is 214 g/mol. The van der Waals surface area contributed by atoms with Crippen LogP contribution in [0.4, 0.5) is 4.79 Å². The molecular formula is C13H17N3O. The fourth-order valence-electron chi connectivity index (χ4n) is 2.30. The Labute approximate surface area is 101 Å². The van der Waals surface area contributed by atoms with E-state index in [9.17, 15) is 4.79 Å². The first kappa shape index (κ1) is 11.6. The molecule has 1 atom stereocenters. The van der Waals surface area contributed by atoms with Crippen molar-refractivity contribution in [3.63, 3.8) is 0 Å². The Morgan fingerprint density at radius 3 is 2.76 bits per heavy atom. The van der Waals surface area contributed by atoms with Crippen LogP contribution in [-0.4, -0.2) is 11.7 Å². The van der Waals surface area contributed by atoms with Crippen molar-refractivity contribution < 1.29 is 4.79 Å². The SMILES string of the molecule is NC(=O)N/N=C1/CCCCC1c1ccccc1. The topological polar surface area (TPSA) is 67.5 Å². The van der Waals surface area contributed by atoms with E-state index in [4.69, 9.17) is 5.73 Å². The smallest absolute Gasteiger partial charge is 0.332 e. The molecule has 90 valence electrons. The Hall–Kier alpha value is -1.84. The van der Waals surface area contributed by atoms with Gasteiger partial charge in [-0.2, -0.15) is 5.10 Å². The Morgan fingerprint density at radius 1 is 1.29 bits per heavy atom. The summed E-state index contributed by atoms with van der Waals surface area (Å²) in [5.41, 5.74) is 9.67. The Kier molecular flexibility index (Phi) is 3.75. The maximum absolute atomic E-state index is 10.7. The Bertz CT molecular complexity index is 414. The summed E-state index contributed by atoms with van der Waals surface area (Å²) in [4.78, 5) is 10.7. The number of nitrogens with zero attached hydrogens (tertiary/aromatic N) is 1. The molecule has 0 bridgehead atoms. The van der Waals surface area contributed by atoms with Gasteiger partial charge in [0.05, 0.1) is 0 Å². The van der Waals surface area contributed by atoms with Gasteiger partial charge in [-0.05, 0) is 24.8 Å². The van der Waals surface area contributed by atoms with Gasteiger partial charge < -0.3 is 5.73 Å². The number of urea groups is 1. The molecule has 0 aliphatic heterocycles. The molecule has 1 aromatic rings. The van der Waals surface area contributed by atoms with Gasteiger partial charge in [0, 0.05) is 11.6 Å². The second-order valence-electron chi connectivity index (χ2n) is 4.29. The van der Waals surface area contributed by atoms with E-state index in [1.165, 1.54) is 12.0 Å². The van der Waals surface area contributed by atoms with Gasteiger partial charge in [-0.25, -0.2) is 10.2 Å². The van der Waals surface area contributed by atoms with Gasteiger partial charge in [0.25, 0.3) is 0 Å². The molecule has 0 heterocycles. The third-order valence-corrected chi connectivity index (χ3v) is 3.09. The highest BCUT2D eigenvalue weighted by atomic mass is 16.2. The average Bonchev–Trinajstić information content (AvgIpc) is 2.38. The second-order valence-corrected chi connectivity index (χ2v) is 4.29. The minimum Gasteiger partial charge on any atom is -0.350 e. The molecule has 0 radical (unpaired) electrons. The predicted molar refractivity (Wildman–Crippen MR) is 67.8 cm³/mol. The van der Waals surface area contributed by atoms with Crippen molar-refractivity contribution in [3.8, 4) is 0 Å². The van der Waals surface area contributed by atoms with E-state index in [1.807, 2.05) is 18.2 Å². The van der Waals surface area contributed by atoms with Crippen LogP contribution in [0.2, 0.25) is 0 Å². The molecule has 0 aromatic heterocycles. The molecule has 2 amide bonds. The first-order chi connectivity index (χ1) is 8.27. The van der Waals surface area contributed by atoms with Gasteiger partial charge in [-0.3, -0.25) is 0 Å². The van der Waals surface area contributed by atoms with E-state index in [0.717, 1.165) is 25.0 Å². The highest BCUT2D eigenvalue weighted by Crippen LogP contribution is 2.30. The molecule has 2 rings (SSSR count). The standard InChI is InChI=1S/C13H17N3O/c14-13(17)16-15-12-9-5-4-8-11(12)10-6-2-1-3-7-10/h1-3,6-7,11H,4-5,8-9H2,(H3,14,16,17)/b15-12-. The summed E-state index contributed by atoms with van der Waals surface area (Å²) in [5.74, 6) is 0.316. The van der Waals surface area contributed by atoms with Crippen molar-refractivity contribution in [1.29, 1.82) is 0 Å². The van der Waals surface area contributed by atoms with E-state index < -0.39 is 6.03 Å². The van der Waals surface area contributed by atoms with Crippen molar-refractivity contribution in [2.75, 3.05) is 0 Å². The van der Waals surface area contributed by atoms with Gasteiger partial charge in [0.2, 0.25) is 0 Å². The van der Waals surface area contributed by atoms with Crippen LogP contribution in [0.15, 0.2) is 35.4 Å². The maximum Gasteiger partial charge on any atom is 0.332 e. The van der Waals surface area contributed by atoms with Crippen LogP contribution in [0, 0.1) is 0 Å². The first-order valence-corrected chi connectivity index (χ1v) is 5.94. The fraction of sp³-hybridized carbons (Fsp3) is 0.385. The molecule has 1 fully saturated rings. The minimum absolute atomic E-state index is 0.316. The fourth-order valence-corrected chi connectivity index (χ4v) is 2.30. The predicted octanol–water partition coefficient (Wildman–Crippen LogP) is 2.37. The number of hydrogen-bond acceptors (Lipinski definition) is 2. The summed E-state index contributed by atoms with van der Waals surface area (Å²) in [6.45, 7) is 0. The zero-order chi connectivity index (χ0) is 12.1. The number of nitrogens with one attached hydrogen (secondary N) is 1. The number of primary amides is 1. The molecule has 1 saturated carbocycles. The quantitative estimate of drug-likeness (QED) is 0.754. The number of carbonyl (C=O) groups is 1. The molecule has 3 N–H and O–H groups in total. The molecule has 0 saturated heterocycles. The molecule has 4 heteroatoms. The minimum atomic E-state index is -0.602. The van der Waals surface area contributed by atoms with E-state index in [1.54, 1.807) is 0 Å². The van der Waals surface area contributed by atoms with Gasteiger partial charge >= 0.3 is 6.03 Å². The molecule has 1 aliphatic carbocycles. The van der Waals surface area contributed by atoms with Crippen LogP contribution in [0.25, 0.3) is 0 Å². The summed E-state index contributed by atoms with van der Waals surface area (Å²) in [5, 5.41) is 4.13. The number of hydrogen-bond donors (Lipinski definition) is 2. The summed E-state index contributed by atoms with van der Waals surface area (Å²) < 4.78 is 0. The van der Waals surface area contributed by atoms with Crippen LogP contribution in [0.1, 0.15) is 37.2 Å². The highest BCUT2D eigenvalue weighted by molar-refractivity contribution is 5.92. The number of nitrogens with two attached hydrogens (primary N) is 1. The highest BCUT2D eigenvalue weighted by Gasteiger charge is 2.22. The Balaban J connectivity index is 2.18. The van der Waals surface area contributed by atoms with Gasteiger partial charge in [0.1, 0.15) is 0 Å². The Morgan fingerprint density at radius 2 is 2.06 bits per heavy atom. The summed E-state index contributed by atoms with van der Waals surface area (Å²) in [7, 11) is 0. The monoisotopic (exact) mass is 231 g/mol. The van der Waals surface area contributed by atoms with Crippen molar-refractivity contribution >= 4 is 11.7 Å². The normalized spacial score (nSPS) is 22.4. The molecule has 4 nitrogen and oxygen atoms in total. The second kappa shape index (κ2) is 5.48. The molecule has 17 heavy (non-hydrogen) atoms. The van der Waals surface area contributed by atoms with Crippen LogP contribution in [-0.2, 0) is 0 Å². The summed E-state index contributed by atoms with van der Waals surface area (Å²) in [6.07, 6.45) is 4.35. The lowest BCUT2D eigenvalue weighted by atomic mass is 9.82. The van der Waals surface area contributed by atoms with E-state index >= 15 is 0 Å². The molecule has 1 aromatic carbocycles. The maximum atomic E-state index is 10.7. The third kappa shape index (κ3) is 3.06. The molecule has 0 spiro atoms. The lowest BCUT2D eigenvalue weighted by Gasteiger charge is -2.24. The van der Waals surface area contributed by atoms with Crippen molar-refractivity contribution in [2.24, 2.45) is 10.8 Å². The first-order valence-electron chi connectivity index (χ1n) is 5.94. The van der Waals surface area contributed by atoms with Crippen molar-refractivity contribution in [1.82, 2.24) is 5.43 Å². The van der Waals surface area contributed by atoms with E-state index in [-0.39, 0.29) is 0 Å². The van der Waals surface area contributed by atoms with Crippen molar-refractivity contribution in [2.45, 2.75) is 31.6 Å². The lowest BCUT2D eigenvalue weighted by molar-refractivity contribution is 0.249. The number of amides is 2. The average molecular weight is 231 g/mol. The van der Waals surface area contributed by atoms with E-state index in [0.29, 0.717) is 5.92 Å². The number of rotatable bonds is 2. The molecule has 1 unspecified atom stereocenters.